The highest BCUT2D eigenvalue weighted by Gasteiger charge is 2.10. The van der Waals surface area contributed by atoms with Crippen LogP contribution in [0.2, 0.25) is 5.02 Å². The highest BCUT2D eigenvalue weighted by atomic mass is 35.5. The number of ether oxygens (including phenoxy) is 1. The Balaban J connectivity index is 2.34. The van der Waals surface area contributed by atoms with Gasteiger partial charge in [-0.1, -0.05) is 17.7 Å². The largest absolute Gasteiger partial charge is 0.497 e. The molecule has 1 aromatic heterocycles. The fourth-order valence-electron chi connectivity index (χ4n) is 2.30. The second-order valence-corrected chi connectivity index (χ2v) is 5.33. The molecule has 2 aromatic carbocycles. The van der Waals surface area contributed by atoms with E-state index in [1.807, 2.05) is 47.9 Å². The molecule has 0 saturated carbocycles. The maximum atomic E-state index is 6.20. The summed E-state index contributed by atoms with van der Waals surface area (Å²) in [4.78, 5) is 3.20. The number of aromatic amines is 1. The molecule has 0 aliphatic heterocycles. The monoisotopic (exact) mass is 304 g/mol. The summed E-state index contributed by atoms with van der Waals surface area (Å²) in [5.41, 5.74) is 3.93. The normalized spacial score (nSPS) is 10.9. The van der Waals surface area contributed by atoms with Crippen LogP contribution in [0.5, 0.6) is 5.75 Å². The summed E-state index contributed by atoms with van der Waals surface area (Å²) in [7, 11) is 1.65. The quantitative estimate of drug-likeness (QED) is 0.698. The molecule has 0 spiro atoms. The maximum absolute atomic E-state index is 6.20. The van der Waals surface area contributed by atoms with Crippen molar-refractivity contribution >= 4 is 34.9 Å². The average Bonchev–Trinajstić information content (AvgIpc) is 2.77. The molecule has 0 saturated heterocycles. The SMILES string of the molecule is COc1ccc2c(c1)[nH]c(=S)n2-c1cccc(Cl)c1C. The minimum absolute atomic E-state index is 0.638. The summed E-state index contributed by atoms with van der Waals surface area (Å²) in [6.07, 6.45) is 0. The highest BCUT2D eigenvalue weighted by Crippen LogP contribution is 2.27. The van der Waals surface area contributed by atoms with Crippen LogP contribution >= 0.6 is 23.8 Å². The van der Waals surface area contributed by atoms with Crippen LogP contribution in [0.3, 0.4) is 0 Å². The van der Waals surface area contributed by atoms with Crippen LogP contribution in [0, 0.1) is 11.7 Å². The zero-order valence-electron chi connectivity index (χ0n) is 11.1. The topological polar surface area (TPSA) is 29.9 Å². The second kappa shape index (κ2) is 4.96. The lowest BCUT2D eigenvalue weighted by Crippen LogP contribution is -1.97. The van der Waals surface area contributed by atoms with Crippen molar-refractivity contribution in [3.63, 3.8) is 0 Å². The van der Waals surface area contributed by atoms with Crippen molar-refractivity contribution in [3.8, 4) is 11.4 Å². The number of nitrogens with zero attached hydrogens (tertiary/aromatic N) is 1. The molecule has 3 aromatic rings. The zero-order valence-corrected chi connectivity index (χ0v) is 12.7. The van der Waals surface area contributed by atoms with Crippen molar-refractivity contribution in [1.29, 1.82) is 0 Å². The van der Waals surface area contributed by atoms with Crippen LogP contribution in [0.4, 0.5) is 0 Å². The zero-order chi connectivity index (χ0) is 14.3. The third-order valence-corrected chi connectivity index (χ3v) is 4.06. The summed E-state index contributed by atoms with van der Waals surface area (Å²) < 4.78 is 7.86. The standard InChI is InChI=1S/C15H13ClN2OS/c1-9-11(16)4-3-5-13(9)18-14-7-6-10(19-2)8-12(14)17-15(18)20/h3-8H,1-2H3,(H,17,20). The molecule has 0 aliphatic carbocycles. The Morgan fingerprint density at radius 3 is 2.80 bits per heavy atom. The van der Waals surface area contributed by atoms with Gasteiger partial charge in [0.2, 0.25) is 0 Å². The van der Waals surface area contributed by atoms with E-state index in [0.717, 1.165) is 33.1 Å². The molecule has 0 amide bonds. The molecular weight excluding hydrogens is 292 g/mol. The molecule has 0 radical (unpaired) electrons. The molecule has 102 valence electrons. The van der Waals surface area contributed by atoms with E-state index in [9.17, 15) is 0 Å². The Hall–Kier alpha value is -1.78. The third kappa shape index (κ3) is 2.01. The van der Waals surface area contributed by atoms with Crippen molar-refractivity contribution in [1.82, 2.24) is 9.55 Å². The first kappa shape index (κ1) is 13.2. The number of rotatable bonds is 2. The third-order valence-electron chi connectivity index (χ3n) is 3.37. The lowest BCUT2D eigenvalue weighted by atomic mass is 10.2. The van der Waals surface area contributed by atoms with Gasteiger partial charge in [0.25, 0.3) is 0 Å². The highest BCUT2D eigenvalue weighted by molar-refractivity contribution is 7.71. The minimum Gasteiger partial charge on any atom is -0.497 e. The molecule has 0 unspecified atom stereocenters. The van der Waals surface area contributed by atoms with E-state index in [4.69, 9.17) is 28.6 Å². The van der Waals surface area contributed by atoms with Crippen LogP contribution in [0.15, 0.2) is 36.4 Å². The lowest BCUT2D eigenvalue weighted by Gasteiger charge is -2.09. The van der Waals surface area contributed by atoms with Gasteiger partial charge < -0.3 is 9.72 Å². The number of aromatic nitrogens is 2. The number of benzene rings is 2. The number of imidazole rings is 1. The van der Waals surface area contributed by atoms with Crippen LogP contribution in [0.25, 0.3) is 16.7 Å². The first-order valence-corrected chi connectivity index (χ1v) is 6.94. The van der Waals surface area contributed by atoms with Crippen molar-refractivity contribution in [2.75, 3.05) is 7.11 Å². The van der Waals surface area contributed by atoms with E-state index in [-0.39, 0.29) is 0 Å². The van der Waals surface area contributed by atoms with Gasteiger partial charge in [-0.2, -0.15) is 0 Å². The molecule has 0 fully saturated rings. The summed E-state index contributed by atoms with van der Waals surface area (Å²) >= 11 is 11.6. The minimum atomic E-state index is 0.638. The predicted molar refractivity (Wildman–Crippen MR) is 84.8 cm³/mol. The Kier molecular flexibility index (Phi) is 3.28. The molecule has 5 heteroatoms. The molecule has 3 rings (SSSR count). The Labute approximate surface area is 126 Å². The summed E-state index contributed by atoms with van der Waals surface area (Å²) in [5.74, 6) is 0.795. The molecule has 0 atom stereocenters. The van der Waals surface area contributed by atoms with Gasteiger partial charge in [0.1, 0.15) is 5.75 Å². The summed E-state index contributed by atoms with van der Waals surface area (Å²) in [6.45, 7) is 1.99. The molecule has 3 nitrogen and oxygen atoms in total. The Bertz CT molecular complexity index is 851. The first-order valence-electron chi connectivity index (χ1n) is 6.16. The van der Waals surface area contributed by atoms with Crippen LogP contribution in [-0.4, -0.2) is 16.7 Å². The van der Waals surface area contributed by atoms with Crippen molar-refractivity contribution in [2.45, 2.75) is 6.92 Å². The molecule has 20 heavy (non-hydrogen) atoms. The number of halogens is 1. The van der Waals surface area contributed by atoms with Gasteiger partial charge in [-0.3, -0.25) is 4.57 Å². The van der Waals surface area contributed by atoms with Crippen molar-refractivity contribution < 1.29 is 4.74 Å². The predicted octanol–water partition coefficient (Wildman–Crippen LogP) is 4.66. The molecule has 1 N–H and O–H groups in total. The Morgan fingerprint density at radius 2 is 2.05 bits per heavy atom. The maximum Gasteiger partial charge on any atom is 0.182 e. The first-order chi connectivity index (χ1) is 9.61. The van der Waals surface area contributed by atoms with Crippen LogP contribution in [-0.2, 0) is 0 Å². The van der Waals surface area contributed by atoms with Crippen LogP contribution < -0.4 is 4.74 Å². The van der Waals surface area contributed by atoms with Gasteiger partial charge in [0.05, 0.1) is 23.8 Å². The fraction of sp³-hybridized carbons (Fsp3) is 0.133. The lowest BCUT2D eigenvalue weighted by molar-refractivity contribution is 0.415. The number of H-pyrrole nitrogens is 1. The number of nitrogens with one attached hydrogen (secondary N) is 1. The smallest absolute Gasteiger partial charge is 0.182 e. The Morgan fingerprint density at radius 1 is 1.25 bits per heavy atom. The average molecular weight is 305 g/mol. The van der Waals surface area contributed by atoms with Gasteiger partial charge in [0, 0.05) is 11.1 Å². The molecule has 0 aliphatic rings. The summed E-state index contributed by atoms with van der Waals surface area (Å²) in [5, 5.41) is 0.729. The van der Waals surface area contributed by atoms with E-state index >= 15 is 0 Å². The summed E-state index contributed by atoms with van der Waals surface area (Å²) in [6, 6.07) is 11.6. The van der Waals surface area contributed by atoms with E-state index < -0.39 is 0 Å². The molecule has 0 bridgehead atoms. The number of hydrogen-bond acceptors (Lipinski definition) is 2. The molecule has 1 heterocycles. The van der Waals surface area contributed by atoms with Gasteiger partial charge in [-0.15, -0.1) is 0 Å². The van der Waals surface area contributed by atoms with Gasteiger partial charge in [-0.05, 0) is 49.0 Å². The number of methoxy groups -OCH3 is 1. The van der Waals surface area contributed by atoms with Gasteiger partial charge in [0.15, 0.2) is 4.77 Å². The van der Waals surface area contributed by atoms with E-state index in [1.165, 1.54) is 0 Å². The molecular formula is C15H13ClN2OS. The van der Waals surface area contributed by atoms with E-state index in [0.29, 0.717) is 4.77 Å². The fourth-order valence-corrected chi connectivity index (χ4v) is 2.77. The van der Waals surface area contributed by atoms with E-state index in [2.05, 4.69) is 4.98 Å². The van der Waals surface area contributed by atoms with Gasteiger partial charge >= 0.3 is 0 Å². The second-order valence-electron chi connectivity index (χ2n) is 4.53. The number of hydrogen-bond donors (Lipinski definition) is 1. The van der Waals surface area contributed by atoms with Crippen molar-refractivity contribution in [2.24, 2.45) is 0 Å². The van der Waals surface area contributed by atoms with Crippen molar-refractivity contribution in [3.05, 3.63) is 51.8 Å². The van der Waals surface area contributed by atoms with E-state index in [1.54, 1.807) is 7.11 Å². The number of fused-ring (bicyclic) bond motifs is 1. The van der Waals surface area contributed by atoms with Crippen LogP contribution in [0.1, 0.15) is 5.56 Å². The van der Waals surface area contributed by atoms with Gasteiger partial charge in [-0.25, -0.2) is 0 Å².